The highest BCUT2D eigenvalue weighted by molar-refractivity contribution is 5.79. The quantitative estimate of drug-likeness (QED) is 0.463. The van der Waals surface area contributed by atoms with E-state index in [1.165, 1.54) is 56.1 Å². The molecule has 2 aliphatic heterocycles. The summed E-state index contributed by atoms with van der Waals surface area (Å²) in [5.41, 5.74) is 2.85. The Kier molecular flexibility index (Phi) is 9.14. The maximum atomic E-state index is 13.4. The maximum Gasteiger partial charge on any atom is 0.225 e. The van der Waals surface area contributed by atoms with E-state index in [2.05, 4.69) is 45.1 Å². The van der Waals surface area contributed by atoms with Crippen LogP contribution in [0.2, 0.25) is 0 Å². The zero-order valence-electron chi connectivity index (χ0n) is 22.6. The van der Waals surface area contributed by atoms with E-state index in [9.17, 15) is 4.79 Å². The van der Waals surface area contributed by atoms with Gasteiger partial charge in [0.15, 0.2) is 0 Å². The van der Waals surface area contributed by atoms with Gasteiger partial charge in [-0.25, -0.2) is 0 Å². The summed E-state index contributed by atoms with van der Waals surface area (Å²) in [5, 5.41) is 0. The first kappa shape index (κ1) is 26.2. The smallest absolute Gasteiger partial charge is 0.225 e. The van der Waals surface area contributed by atoms with E-state index in [0.717, 1.165) is 70.6 Å². The highest BCUT2D eigenvalue weighted by atomic mass is 16.5. The monoisotopic (exact) mass is 503 g/mol. The molecule has 2 aromatic rings. The van der Waals surface area contributed by atoms with Gasteiger partial charge in [0.1, 0.15) is 12.4 Å². The number of amides is 1. The number of aryl methyl sites for hydroxylation is 1. The third-order valence-corrected chi connectivity index (χ3v) is 9.07. The molecule has 2 fully saturated rings. The summed E-state index contributed by atoms with van der Waals surface area (Å²) in [6.07, 6.45) is 18.1. The molecule has 3 aliphatic rings. The minimum atomic E-state index is 0.265. The van der Waals surface area contributed by atoms with Gasteiger partial charge in [0.2, 0.25) is 5.91 Å². The summed E-state index contributed by atoms with van der Waals surface area (Å²) in [6, 6.07) is 12.8. The Balaban J connectivity index is 1.29. The molecule has 200 valence electrons. The van der Waals surface area contributed by atoms with Crippen LogP contribution in [0.15, 0.2) is 48.8 Å². The molecular formula is C32H45N3O2. The summed E-state index contributed by atoms with van der Waals surface area (Å²) in [4.78, 5) is 22.6. The van der Waals surface area contributed by atoms with Gasteiger partial charge in [0.25, 0.3) is 0 Å². The van der Waals surface area contributed by atoms with Gasteiger partial charge in [-0.05, 0) is 73.6 Å². The first-order chi connectivity index (χ1) is 18.2. The molecule has 1 aromatic carbocycles. The number of piperidine rings is 1. The van der Waals surface area contributed by atoms with E-state index in [4.69, 9.17) is 4.74 Å². The van der Waals surface area contributed by atoms with Crippen molar-refractivity contribution in [2.24, 2.45) is 11.3 Å². The van der Waals surface area contributed by atoms with Crippen molar-refractivity contribution in [1.29, 1.82) is 0 Å². The van der Waals surface area contributed by atoms with E-state index in [1.54, 1.807) is 0 Å². The Labute approximate surface area is 223 Å². The van der Waals surface area contributed by atoms with Gasteiger partial charge in [-0.15, -0.1) is 0 Å². The molecule has 1 saturated carbocycles. The summed E-state index contributed by atoms with van der Waals surface area (Å²) < 4.78 is 6.32. The van der Waals surface area contributed by atoms with Gasteiger partial charge in [0.05, 0.1) is 0 Å². The summed E-state index contributed by atoms with van der Waals surface area (Å²) in [7, 11) is 0. The van der Waals surface area contributed by atoms with Crippen LogP contribution in [0.5, 0.6) is 5.75 Å². The minimum Gasteiger partial charge on any atom is -0.492 e. The number of fused-ring (bicyclic) bond motifs is 1. The summed E-state index contributed by atoms with van der Waals surface area (Å²) in [5.74, 6) is 1.76. The third-order valence-electron chi connectivity index (χ3n) is 9.07. The van der Waals surface area contributed by atoms with Crippen molar-refractivity contribution in [2.75, 3.05) is 32.8 Å². The van der Waals surface area contributed by atoms with Crippen molar-refractivity contribution >= 4 is 5.91 Å². The normalized spacial score (nSPS) is 22.2. The van der Waals surface area contributed by atoms with Crippen LogP contribution < -0.4 is 4.74 Å². The number of nitrogens with zero attached hydrogens (tertiary/aromatic N) is 3. The Morgan fingerprint density at radius 3 is 2.51 bits per heavy atom. The molecular weight excluding hydrogens is 458 g/mol. The SMILES string of the molecule is O=C(C1CCCCCC1)N1CCC2(CCCCc3ccccc3OCCN(Cc3cccnc3)C2)CC1. The molecule has 37 heavy (non-hydrogen) atoms. The molecule has 1 aliphatic carbocycles. The fourth-order valence-corrected chi connectivity index (χ4v) is 6.86. The largest absolute Gasteiger partial charge is 0.492 e. The number of para-hydroxylation sites is 1. The lowest BCUT2D eigenvalue weighted by atomic mass is 9.73. The Hall–Kier alpha value is -2.40. The second-order valence-electron chi connectivity index (χ2n) is 11.7. The van der Waals surface area contributed by atoms with Crippen LogP contribution in [0.1, 0.15) is 81.8 Å². The first-order valence-electron chi connectivity index (χ1n) is 14.8. The van der Waals surface area contributed by atoms with Crippen molar-refractivity contribution in [3.63, 3.8) is 0 Å². The molecule has 1 spiro atoms. The lowest BCUT2D eigenvalue weighted by molar-refractivity contribution is -0.138. The number of rotatable bonds is 3. The molecule has 5 heteroatoms. The molecule has 0 unspecified atom stereocenters. The van der Waals surface area contributed by atoms with Gasteiger partial charge in [-0.3, -0.25) is 14.7 Å². The number of pyridine rings is 1. The highest BCUT2D eigenvalue weighted by Crippen LogP contribution is 2.39. The topological polar surface area (TPSA) is 45.7 Å². The molecule has 1 saturated heterocycles. The van der Waals surface area contributed by atoms with E-state index < -0.39 is 0 Å². The predicted octanol–water partition coefficient (Wildman–Crippen LogP) is 6.27. The number of benzene rings is 1. The number of ether oxygens (including phenoxy) is 1. The molecule has 0 N–H and O–H groups in total. The van der Waals surface area contributed by atoms with Gasteiger partial charge < -0.3 is 9.64 Å². The number of carbonyl (C=O) groups excluding carboxylic acids is 1. The van der Waals surface area contributed by atoms with E-state index in [1.807, 2.05) is 18.5 Å². The van der Waals surface area contributed by atoms with Gasteiger partial charge in [-0.1, -0.05) is 56.4 Å². The van der Waals surface area contributed by atoms with Crippen LogP contribution in [0.4, 0.5) is 0 Å². The molecule has 1 amide bonds. The average molecular weight is 504 g/mol. The van der Waals surface area contributed by atoms with Crippen LogP contribution >= 0.6 is 0 Å². The van der Waals surface area contributed by atoms with Crippen LogP contribution in [-0.4, -0.2) is 53.5 Å². The molecule has 5 nitrogen and oxygen atoms in total. The molecule has 0 bridgehead atoms. The van der Waals surface area contributed by atoms with Gasteiger partial charge in [-0.2, -0.15) is 0 Å². The lowest BCUT2D eigenvalue weighted by Gasteiger charge is -2.45. The van der Waals surface area contributed by atoms with Gasteiger partial charge >= 0.3 is 0 Å². The van der Waals surface area contributed by atoms with Crippen molar-refractivity contribution in [3.05, 3.63) is 59.9 Å². The van der Waals surface area contributed by atoms with Crippen LogP contribution in [-0.2, 0) is 17.8 Å². The van der Waals surface area contributed by atoms with Crippen molar-refractivity contribution in [2.45, 2.75) is 83.6 Å². The van der Waals surface area contributed by atoms with Gasteiger partial charge in [0, 0.05) is 51.0 Å². The summed E-state index contributed by atoms with van der Waals surface area (Å²) >= 11 is 0. The number of aromatic nitrogens is 1. The molecule has 3 heterocycles. The first-order valence-corrected chi connectivity index (χ1v) is 14.8. The van der Waals surface area contributed by atoms with Crippen LogP contribution in [0.25, 0.3) is 0 Å². The van der Waals surface area contributed by atoms with E-state index in [0.29, 0.717) is 12.5 Å². The molecule has 1 aromatic heterocycles. The Bertz CT molecular complexity index is 979. The molecule has 5 rings (SSSR count). The highest BCUT2D eigenvalue weighted by Gasteiger charge is 2.38. The standard InChI is InChI=1S/C32H45N3O2/c36-31(29-13-3-1-2-4-14-29)35-20-17-32(18-21-35)16-8-7-12-28-11-5-6-15-30(28)37-23-22-34(26-32)25-27-10-9-19-33-24-27/h5-6,9-11,15,19,24,29H,1-4,7-8,12-14,16-18,20-23,25-26H2. The maximum absolute atomic E-state index is 13.4. The van der Waals surface area contributed by atoms with Crippen molar-refractivity contribution in [1.82, 2.24) is 14.8 Å². The van der Waals surface area contributed by atoms with Crippen LogP contribution in [0, 0.1) is 11.3 Å². The Morgan fingerprint density at radius 2 is 1.73 bits per heavy atom. The fraction of sp³-hybridized carbons (Fsp3) is 0.625. The average Bonchev–Trinajstić information content (AvgIpc) is 3.22. The Morgan fingerprint density at radius 1 is 0.919 bits per heavy atom. The molecule has 0 radical (unpaired) electrons. The minimum absolute atomic E-state index is 0.265. The van der Waals surface area contributed by atoms with Crippen molar-refractivity contribution in [3.8, 4) is 5.75 Å². The number of likely N-dealkylation sites (tertiary alicyclic amines) is 1. The number of hydrogen-bond acceptors (Lipinski definition) is 4. The third kappa shape index (κ3) is 7.13. The molecule has 0 atom stereocenters. The van der Waals surface area contributed by atoms with E-state index in [-0.39, 0.29) is 11.3 Å². The van der Waals surface area contributed by atoms with Crippen molar-refractivity contribution < 1.29 is 9.53 Å². The second kappa shape index (κ2) is 12.9. The second-order valence-corrected chi connectivity index (χ2v) is 11.7. The number of hydrogen-bond donors (Lipinski definition) is 0. The lowest BCUT2D eigenvalue weighted by Crippen LogP contribution is -2.49. The zero-order chi connectivity index (χ0) is 25.3. The predicted molar refractivity (Wildman–Crippen MR) is 148 cm³/mol. The zero-order valence-corrected chi connectivity index (χ0v) is 22.6. The van der Waals surface area contributed by atoms with Crippen LogP contribution in [0.3, 0.4) is 0 Å². The fourth-order valence-electron chi connectivity index (χ4n) is 6.86. The number of carbonyl (C=O) groups is 1. The van der Waals surface area contributed by atoms with E-state index >= 15 is 0 Å². The summed E-state index contributed by atoms with van der Waals surface area (Å²) in [6.45, 7) is 5.41.